The van der Waals surface area contributed by atoms with Crippen molar-refractivity contribution in [1.82, 2.24) is 4.31 Å². The van der Waals surface area contributed by atoms with Gasteiger partial charge in [0.1, 0.15) is 4.90 Å². The summed E-state index contributed by atoms with van der Waals surface area (Å²) in [5.74, 6) is 0. The number of benzene rings is 2. The van der Waals surface area contributed by atoms with E-state index in [0.717, 1.165) is 56.9 Å². The van der Waals surface area contributed by atoms with Crippen LogP contribution in [-0.2, 0) is 10.0 Å². The van der Waals surface area contributed by atoms with Crippen LogP contribution in [-0.4, -0.2) is 55.0 Å². The van der Waals surface area contributed by atoms with Crippen molar-refractivity contribution in [2.45, 2.75) is 37.0 Å². The van der Waals surface area contributed by atoms with Crippen molar-refractivity contribution < 1.29 is 18.3 Å². The van der Waals surface area contributed by atoms with Gasteiger partial charge in [-0.2, -0.15) is 9.41 Å². The molecule has 0 saturated carbocycles. The Labute approximate surface area is 202 Å². The maximum Gasteiger partial charge on any atom is 0.270 e. The summed E-state index contributed by atoms with van der Waals surface area (Å²) in [4.78, 5) is 23.3. The van der Waals surface area contributed by atoms with Crippen molar-refractivity contribution in [3.63, 3.8) is 0 Å². The highest BCUT2D eigenvalue weighted by atomic mass is 32.2. The quantitative estimate of drug-likeness (QED) is 0.326. The zero-order chi connectivity index (χ0) is 25.0. The summed E-state index contributed by atoms with van der Waals surface area (Å²) in [6.45, 7) is 2.35. The molecule has 0 aliphatic carbocycles. The highest BCUT2D eigenvalue weighted by Gasteiger charge is 2.30. The molecule has 0 amide bonds. The number of nitro benzene ring substituents is 2. The third kappa shape index (κ3) is 5.41. The number of rotatable bonds is 8. The van der Waals surface area contributed by atoms with Crippen LogP contribution in [0.4, 0.5) is 22.7 Å². The summed E-state index contributed by atoms with van der Waals surface area (Å²) in [5, 5.41) is 26.7. The van der Waals surface area contributed by atoms with E-state index in [0.29, 0.717) is 18.7 Å². The maximum atomic E-state index is 13.3. The van der Waals surface area contributed by atoms with Gasteiger partial charge in [-0.05, 0) is 37.8 Å². The minimum Gasteiger partial charge on any atom is -0.371 e. The van der Waals surface area contributed by atoms with E-state index >= 15 is 0 Å². The van der Waals surface area contributed by atoms with Gasteiger partial charge in [0.2, 0.25) is 10.0 Å². The zero-order valence-electron chi connectivity index (χ0n) is 19.0. The molecule has 0 atom stereocenters. The van der Waals surface area contributed by atoms with E-state index in [9.17, 15) is 28.6 Å². The summed E-state index contributed by atoms with van der Waals surface area (Å²) in [6.07, 6.45) is 5.82. The lowest BCUT2D eigenvalue weighted by Gasteiger charge is -2.26. The SMILES string of the molecule is O=[N+]([O-])c1ccc(N2CCCC2)c(/C=N\Nc2ccc([N+](=O)[O-])cc2S(=O)(=O)N2CCCCC2)c1. The van der Waals surface area contributed by atoms with Gasteiger partial charge in [0.15, 0.2) is 0 Å². The second-order valence-electron chi connectivity index (χ2n) is 8.47. The first-order valence-electron chi connectivity index (χ1n) is 11.4. The summed E-state index contributed by atoms with van der Waals surface area (Å²) >= 11 is 0. The highest BCUT2D eigenvalue weighted by molar-refractivity contribution is 7.89. The van der Waals surface area contributed by atoms with E-state index in [1.54, 1.807) is 6.07 Å². The van der Waals surface area contributed by atoms with Crippen molar-refractivity contribution in [3.8, 4) is 0 Å². The van der Waals surface area contributed by atoms with Crippen LogP contribution in [0.15, 0.2) is 46.4 Å². The van der Waals surface area contributed by atoms with Gasteiger partial charge in [0, 0.05) is 61.7 Å². The fourth-order valence-electron chi connectivity index (χ4n) is 4.35. The van der Waals surface area contributed by atoms with Gasteiger partial charge >= 0.3 is 0 Å². The molecule has 2 aliphatic rings. The molecular weight excluding hydrogens is 476 g/mol. The molecule has 0 radical (unpaired) electrons. The van der Waals surface area contributed by atoms with E-state index in [1.165, 1.54) is 34.8 Å². The second kappa shape index (κ2) is 10.4. The third-order valence-electron chi connectivity index (χ3n) is 6.17. The molecule has 2 aromatic rings. The number of hydrogen-bond acceptors (Lipinski definition) is 9. The number of non-ortho nitro benzene ring substituents is 2. The molecule has 0 aromatic heterocycles. The van der Waals surface area contributed by atoms with Crippen LogP contribution in [0.25, 0.3) is 0 Å². The molecular formula is C22H26N6O6S. The average molecular weight is 503 g/mol. The number of nitrogens with zero attached hydrogens (tertiary/aromatic N) is 5. The molecule has 12 nitrogen and oxygen atoms in total. The van der Waals surface area contributed by atoms with E-state index in [4.69, 9.17) is 0 Å². The number of sulfonamides is 1. The van der Waals surface area contributed by atoms with Crippen LogP contribution in [0.2, 0.25) is 0 Å². The first-order valence-corrected chi connectivity index (χ1v) is 12.8. The number of nitrogens with one attached hydrogen (secondary N) is 1. The Bertz CT molecular complexity index is 1250. The van der Waals surface area contributed by atoms with E-state index < -0.39 is 19.9 Å². The first-order chi connectivity index (χ1) is 16.8. The van der Waals surface area contributed by atoms with Gasteiger partial charge in [-0.25, -0.2) is 8.42 Å². The molecule has 1 N–H and O–H groups in total. The lowest BCUT2D eigenvalue weighted by molar-refractivity contribution is -0.385. The zero-order valence-corrected chi connectivity index (χ0v) is 19.8. The molecule has 2 heterocycles. The highest BCUT2D eigenvalue weighted by Crippen LogP contribution is 2.31. The fraction of sp³-hybridized carbons (Fsp3) is 0.409. The monoisotopic (exact) mass is 502 g/mol. The molecule has 0 unspecified atom stereocenters. The minimum atomic E-state index is -3.99. The Balaban J connectivity index is 1.67. The Morgan fingerprint density at radius 2 is 1.46 bits per heavy atom. The normalized spacial score (nSPS) is 17.1. The van der Waals surface area contributed by atoms with Crippen LogP contribution in [0.3, 0.4) is 0 Å². The number of anilines is 2. The van der Waals surface area contributed by atoms with Crippen LogP contribution >= 0.6 is 0 Å². The Hall–Kier alpha value is -3.58. The Morgan fingerprint density at radius 3 is 2.11 bits per heavy atom. The van der Waals surface area contributed by atoms with Crippen LogP contribution < -0.4 is 10.3 Å². The van der Waals surface area contributed by atoms with Gasteiger partial charge in [-0.15, -0.1) is 0 Å². The number of hydrazone groups is 1. The molecule has 2 aliphatic heterocycles. The minimum absolute atomic E-state index is 0.0851. The summed E-state index contributed by atoms with van der Waals surface area (Å²) in [5.41, 5.74) is 3.66. The topological polar surface area (TPSA) is 151 Å². The molecule has 2 fully saturated rings. The van der Waals surface area contributed by atoms with E-state index in [-0.39, 0.29) is 22.0 Å². The van der Waals surface area contributed by atoms with Gasteiger partial charge in [-0.3, -0.25) is 25.7 Å². The summed E-state index contributed by atoms with van der Waals surface area (Å²) in [7, 11) is -3.99. The van der Waals surface area contributed by atoms with Gasteiger partial charge < -0.3 is 4.90 Å². The largest absolute Gasteiger partial charge is 0.371 e. The molecule has 4 rings (SSSR count). The maximum absolute atomic E-state index is 13.3. The lowest BCUT2D eigenvalue weighted by atomic mass is 10.1. The average Bonchev–Trinajstić information content (AvgIpc) is 3.39. The van der Waals surface area contributed by atoms with Crippen molar-refractivity contribution in [1.29, 1.82) is 0 Å². The number of hydrogen-bond donors (Lipinski definition) is 1. The van der Waals surface area contributed by atoms with Crippen LogP contribution in [0.5, 0.6) is 0 Å². The van der Waals surface area contributed by atoms with E-state index in [2.05, 4.69) is 15.4 Å². The molecule has 0 bridgehead atoms. The van der Waals surface area contributed by atoms with Gasteiger partial charge in [-0.1, -0.05) is 6.42 Å². The molecule has 2 saturated heterocycles. The second-order valence-corrected chi connectivity index (χ2v) is 10.4. The fourth-order valence-corrected chi connectivity index (χ4v) is 6.03. The summed E-state index contributed by atoms with van der Waals surface area (Å²) in [6, 6.07) is 8.09. The van der Waals surface area contributed by atoms with Gasteiger partial charge in [0.25, 0.3) is 11.4 Å². The number of piperidine rings is 1. The number of nitro groups is 2. The molecule has 35 heavy (non-hydrogen) atoms. The smallest absolute Gasteiger partial charge is 0.270 e. The van der Waals surface area contributed by atoms with Gasteiger partial charge in [0.05, 0.1) is 21.7 Å². The van der Waals surface area contributed by atoms with Crippen LogP contribution in [0.1, 0.15) is 37.7 Å². The Kier molecular flexibility index (Phi) is 7.26. The standard InChI is InChI=1S/C22H26N6O6S/c29-27(30)18-7-9-21(25-10-4-5-11-25)17(14-18)16-23-24-20-8-6-19(28(31)32)15-22(20)35(33,34)26-12-2-1-3-13-26/h6-9,14-16,24H,1-5,10-13H2/b23-16-. The van der Waals surface area contributed by atoms with Crippen molar-refractivity contribution in [2.24, 2.45) is 5.10 Å². The third-order valence-corrected chi connectivity index (χ3v) is 8.10. The molecule has 186 valence electrons. The molecule has 0 spiro atoms. The predicted octanol–water partition coefficient (Wildman–Crippen LogP) is 3.72. The lowest BCUT2D eigenvalue weighted by Crippen LogP contribution is -2.35. The molecule has 2 aromatic carbocycles. The Morgan fingerprint density at radius 1 is 0.857 bits per heavy atom. The first kappa shape index (κ1) is 24.5. The summed E-state index contributed by atoms with van der Waals surface area (Å²) < 4.78 is 27.9. The molecule has 13 heteroatoms. The van der Waals surface area contributed by atoms with Crippen LogP contribution in [0, 0.1) is 20.2 Å². The van der Waals surface area contributed by atoms with Crippen molar-refractivity contribution in [3.05, 3.63) is 62.2 Å². The van der Waals surface area contributed by atoms with E-state index in [1.807, 2.05) is 0 Å². The van der Waals surface area contributed by atoms with Crippen molar-refractivity contribution >= 4 is 39.0 Å². The van der Waals surface area contributed by atoms with Crippen molar-refractivity contribution in [2.75, 3.05) is 36.5 Å². The predicted molar refractivity (Wildman–Crippen MR) is 131 cm³/mol.